The summed E-state index contributed by atoms with van der Waals surface area (Å²) in [6.45, 7) is 1.98. The van der Waals surface area contributed by atoms with Crippen LogP contribution in [0.2, 0.25) is 0 Å². The zero-order chi connectivity index (χ0) is 14.0. The molecule has 1 unspecified atom stereocenters. The summed E-state index contributed by atoms with van der Waals surface area (Å²) in [6.07, 6.45) is 0. The lowest BCUT2D eigenvalue weighted by Gasteiger charge is -2.19. The van der Waals surface area contributed by atoms with Gasteiger partial charge in [-0.3, -0.25) is 0 Å². The van der Waals surface area contributed by atoms with E-state index >= 15 is 0 Å². The third-order valence-electron chi connectivity index (χ3n) is 3.05. The fourth-order valence-corrected chi connectivity index (χ4v) is 2.81. The topological polar surface area (TPSA) is 12.0 Å². The van der Waals surface area contributed by atoms with Gasteiger partial charge in [-0.15, -0.1) is 0 Å². The summed E-state index contributed by atoms with van der Waals surface area (Å²) in [6, 6.07) is 9.64. The molecule has 2 aromatic rings. The molecule has 0 radical (unpaired) electrons. The molecule has 0 aliphatic rings. The second-order valence-electron chi connectivity index (χ2n) is 4.39. The Labute approximate surface area is 119 Å². The van der Waals surface area contributed by atoms with E-state index in [4.69, 9.17) is 0 Å². The zero-order valence-electron chi connectivity index (χ0n) is 10.7. The Morgan fingerprint density at radius 2 is 1.84 bits per heavy atom. The normalized spacial score (nSPS) is 12.5. The number of hydrogen-bond donors (Lipinski definition) is 1. The van der Waals surface area contributed by atoms with Gasteiger partial charge in [-0.25, -0.2) is 8.78 Å². The Kier molecular flexibility index (Phi) is 4.32. The number of nitrogens with one attached hydrogen (secondary N) is 1. The lowest BCUT2D eigenvalue weighted by molar-refractivity contribution is 0.487. The molecule has 0 aliphatic carbocycles. The molecule has 0 aliphatic heterocycles. The first-order valence-corrected chi connectivity index (χ1v) is 6.71. The number of aryl methyl sites for hydroxylation is 1. The third-order valence-corrected chi connectivity index (χ3v) is 3.73. The van der Waals surface area contributed by atoms with Gasteiger partial charge in [0.25, 0.3) is 0 Å². The van der Waals surface area contributed by atoms with Gasteiger partial charge in [0.2, 0.25) is 0 Å². The van der Waals surface area contributed by atoms with Crippen LogP contribution in [0.1, 0.15) is 22.7 Å². The highest BCUT2D eigenvalue weighted by atomic mass is 79.9. The summed E-state index contributed by atoms with van der Waals surface area (Å²) in [4.78, 5) is 0. The average Bonchev–Trinajstić information content (AvgIpc) is 2.37. The van der Waals surface area contributed by atoms with Crippen molar-refractivity contribution in [1.29, 1.82) is 0 Å². The molecule has 0 bridgehead atoms. The van der Waals surface area contributed by atoms with Crippen molar-refractivity contribution in [2.75, 3.05) is 7.05 Å². The Morgan fingerprint density at radius 3 is 2.47 bits per heavy atom. The highest BCUT2D eigenvalue weighted by Crippen LogP contribution is 2.31. The number of hydrogen-bond acceptors (Lipinski definition) is 1. The molecule has 0 spiro atoms. The van der Waals surface area contributed by atoms with E-state index in [9.17, 15) is 8.78 Å². The van der Waals surface area contributed by atoms with E-state index in [0.717, 1.165) is 21.7 Å². The van der Waals surface area contributed by atoms with Crippen molar-refractivity contribution in [3.63, 3.8) is 0 Å². The van der Waals surface area contributed by atoms with Gasteiger partial charge in [0, 0.05) is 10.0 Å². The molecule has 19 heavy (non-hydrogen) atoms. The molecule has 1 N–H and O–H groups in total. The van der Waals surface area contributed by atoms with Crippen LogP contribution in [-0.2, 0) is 0 Å². The van der Waals surface area contributed by atoms with Crippen molar-refractivity contribution in [1.82, 2.24) is 5.32 Å². The molecule has 0 fully saturated rings. The molecule has 0 saturated heterocycles. The Bertz CT molecular complexity index is 599. The molecular formula is C15H14BrF2N. The molecule has 2 rings (SSSR count). The standard InChI is InChI=1S/C15H14BrF2N/c1-9-6-7-10(12(16)8-9)15(19-2)11-4-3-5-13(17)14(11)18/h3-8,15,19H,1-2H3. The lowest BCUT2D eigenvalue weighted by atomic mass is 9.97. The summed E-state index contributed by atoms with van der Waals surface area (Å²) >= 11 is 3.47. The van der Waals surface area contributed by atoms with E-state index in [-0.39, 0.29) is 0 Å². The van der Waals surface area contributed by atoms with Crippen LogP contribution in [0.3, 0.4) is 0 Å². The molecule has 1 nitrogen and oxygen atoms in total. The van der Waals surface area contributed by atoms with Crippen LogP contribution in [-0.4, -0.2) is 7.05 Å². The minimum Gasteiger partial charge on any atom is -0.309 e. The van der Waals surface area contributed by atoms with E-state index in [1.807, 2.05) is 25.1 Å². The monoisotopic (exact) mass is 325 g/mol. The van der Waals surface area contributed by atoms with E-state index in [0.29, 0.717) is 5.56 Å². The first kappa shape index (κ1) is 14.2. The molecule has 1 atom stereocenters. The summed E-state index contributed by atoms with van der Waals surface area (Å²) < 4.78 is 28.1. The fourth-order valence-electron chi connectivity index (χ4n) is 2.09. The Hall–Kier alpha value is -1.26. The van der Waals surface area contributed by atoms with Gasteiger partial charge in [-0.05, 0) is 37.2 Å². The average molecular weight is 326 g/mol. The molecule has 0 aromatic heterocycles. The summed E-state index contributed by atoms with van der Waals surface area (Å²) in [5.41, 5.74) is 2.27. The third kappa shape index (κ3) is 2.85. The predicted octanol–water partition coefficient (Wildman–Crippen LogP) is 4.34. The van der Waals surface area contributed by atoms with Gasteiger partial charge in [-0.2, -0.15) is 0 Å². The minimum absolute atomic E-state index is 0.298. The van der Waals surface area contributed by atoms with E-state index in [1.165, 1.54) is 6.07 Å². The predicted molar refractivity (Wildman–Crippen MR) is 76.1 cm³/mol. The van der Waals surface area contributed by atoms with Gasteiger partial charge in [0.15, 0.2) is 11.6 Å². The van der Waals surface area contributed by atoms with Crippen molar-refractivity contribution < 1.29 is 8.78 Å². The second kappa shape index (κ2) is 5.80. The summed E-state index contributed by atoms with van der Waals surface area (Å²) in [5.74, 6) is -1.64. The lowest BCUT2D eigenvalue weighted by Crippen LogP contribution is -2.20. The van der Waals surface area contributed by atoms with Crippen molar-refractivity contribution in [3.05, 3.63) is 69.2 Å². The fraction of sp³-hybridized carbons (Fsp3) is 0.200. The highest BCUT2D eigenvalue weighted by molar-refractivity contribution is 9.10. The first-order valence-electron chi connectivity index (χ1n) is 5.92. The van der Waals surface area contributed by atoms with Crippen molar-refractivity contribution >= 4 is 15.9 Å². The second-order valence-corrected chi connectivity index (χ2v) is 5.24. The Morgan fingerprint density at radius 1 is 1.11 bits per heavy atom. The smallest absolute Gasteiger partial charge is 0.163 e. The van der Waals surface area contributed by atoms with Crippen molar-refractivity contribution in [2.45, 2.75) is 13.0 Å². The van der Waals surface area contributed by atoms with Crippen molar-refractivity contribution in [2.24, 2.45) is 0 Å². The van der Waals surface area contributed by atoms with Crippen LogP contribution in [0.15, 0.2) is 40.9 Å². The van der Waals surface area contributed by atoms with Crippen LogP contribution in [0, 0.1) is 18.6 Å². The van der Waals surface area contributed by atoms with Gasteiger partial charge in [0.05, 0.1) is 6.04 Å². The van der Waals surface area contributed by atoms with Gasteiger partial charge in [0.1, 0.15) is 0 Å². The largest absolute Gasteiger partial charge is 0.309 e. The SMILES string of the molecule is CNC(c1ccc(C)cc1Br)c1cccc(F)c1F. The summed E-state index contributed by atoms with van der Waals surface area (Å²) in [5, 5.41) is 3.03. The highest BCUT2D eigenvalue weighted by Gasteiger charge is 2.20. The van der Waals surface area contributed by atoms with Crippen LogP contribution in [0.25, 0.3) is 0 Å². The maximum atomic E-state index is 13.9. The maximum absolute atomic E-state index is 13.9. The maximum Gasteiger partial charge on any atom is 0.163 e. The van der Waals surface area contributed by atoms with Gasteiger partial charge in [-0.1, -0.05) is 40.2 Å². The van der Waals surface area contributed by atoms with E-state index < -0.39 is 17.7 Å². The van der Waals surface area contributed by atoms with Gasteiger partial charge >= 0.3 is 0 Å². The molecule has 0 amide bonds. The van der Waals surface area contributed by atoms with Crippen LogP contribution in [0.5, 0.6) is 0 Å². The minimum atomic E-state index is -0.832. The quantitative estimate of drug-likeness (QED) is 0.884. The molecule has 0 saturated carbocycles. The molecule has 2 aromatic carbocycles. The van der Waals surface area contributed by atoms with Crippen LogP contribution >= 0.6 is 15.9 Å². The number of rotatable bonds is 3. The summed E-state index contributed by atoms with van der Waals surface area (Å²) in [7, 11) is 1.72. The molecule has 100 valence electrons. The van der Waals surface area contributed by atoms with E-state index in [1.54, 1.807) is 13.1 Å². The first-order chi connectivity index (χ1) is 9.04. The van der Waals surface area contributed by atoms with E-state index in [2.05, 4.69) is 21.2 Å². The molecule has 4 heteroatoms. The van der Waals surface area contributed by atoms with Crippen LogP contribution < -0.4 is 5.32 Å². The molecule has 0 heterocycles. The Balaban J connectivity index is 2.53. The van der Waals surface area contributed by atoms with Crippen LogP contribution in [0.4, 0.5) is 8.78 Å². The number of benzene rings is 2. The van der Waals surface area contributed by atoms with Crippen molar-refractivity contribution in [3.8, 4) is 0 Å². The zero-order valence-corrected chi connectivity index (χ0v) is 12.3. The van der Waals surface area contributed by atoms with Gasteiger partial charge < -0.3 is 5.32 Å². The molecular weight excluding hydrogens is 312 g/mol. The number of halogens is 3.